The number of benzene rings is 1. The van der Waals surface area contributed by atoms with Gasteiger partial charge in [0.25, 0.3) is 0 Å². The summed E-state index contributed by atoms with van der Waals surface area (Å²) >= 11 is 0. The molecule has 0 aliphatic carbocycles. The van der Waals surface area contributed by atoms with Crippen molar-refractivity contribution in [2.75, 3.05) is 14.2 Å². The third-order valence-corrected chi connectivity index (χ3v) is 3.47. The quantitative estimate of drug-likeness (QED) is 0.832. The van der Waals surface area contributed by atoms with Crippen LogP contribution < -0.4 is 9.47 Å². The van der Waals surface area contributed by atoms with Crippen LogP contribution in [0.1, 0.15) is 24.8 Å². The molecule has 1 saturated heterocycles. The number of methoxy groups -OCH3 is 2. The molecule has 2 atom stereocenters. The largest absolute Gasteiger partial charge is 0.497 e. The molecule has 1 fully saturated rings. The van der Waals surface area contributed by atoms with E-state index < -0.39 is 6.10 Å². The molecule has 0 bridgehead atoms. The Balaban J connectivity index is 1.98. The summed E-state index contributed by atoms with van der Waals surface area (Å²) in [5.41, 5.74) is 1.03. The van der Waals surface area contributed by atoms with Crippen LogP contribution in [0.15, 0.2) is 18.2 Å². The van der Waals surface area contributed by atoms with Crippen LogP contribution >= 0.6 is 0 Å². The lowest BCUT2D eigenvalue weighted by atomic mass is 9.99. The van der Waals surface area contributed by atoms with Crippen molar-refractivity contribution in [3.63, 3.8) is 0 Å². The summed E-state index contributed by atoms with van der Waals surface area (Å²) in [6.07, 6.45) is 1.19. The van der Waals surface area contributed by atoms with Crippen molar-refractivity contribution in [2.45, 2.75) is 37.9 Å². The number of esters is 1. The number of rotatable bonds is 5. The summed E-state index contributed by atoms with van der Waals surface area (Å²) in [6, 6.07) is 5.65. The molecule has 2 rings (SSSR count). The van der Waals surface area contributed by atoms with E-state index in [9.17, 15) is 9.90 Å². The highest BCUT2D eigenvalue weighted by atomic mass is 16.5. The Labute approximate surface area is 118 Å². The fourth-order valence-electron chi connectivity index (χ4n) is 2.41. The molecule has 0 radical (unpaired) electrons. The van der Waals surface area contributed by atoms with Crippen molar-refractivity contribution in [3.8, 4) is 11.5 Å². The molecule has 20 heavy (non-hydrogen) atoms. The van der Waals surface area contributed by atoms with E-state index in [-0.39, 0.29) is 18.5 Å². The average Bonchev–Trinajstić information content (AvgIpc) is 2.44. The van der Waals surface area contributed by atoms with Crippen LogP contribution in [0.5, 0.6) is 11.5 Å². The fourth-order valence-corrected chi connectivity index (χ4v) is 2.41. The Morgan fingerprint density at radius 2 is 2.15 bits per heavy atom. The maximum atomic E-state index is 11.3. The smallest absolute Gasteiger partial charge is 0.308 e. The maximum absolute atomic E-state index is 11.3. The summed E-state index contributed by atoms with van der Waals surface area (Å²) in [5, 5.41) is 9.57. The Morgan fingerprint density at radius 1 is 1.35 bits per heavy atom. The van der Waals surface area contributed by atoms with Gasteiger partial charge in [-0.05, 0) is 24.5 Å². The summed E-state index contributed by atoms with van der Waals surface area (Å²) in [5.74, 6) is 1.17. The number of ether oxygens (including phenoxy) is 3. The number of hydrogen-bond donors (Lipinski definition) is 1. The van der Waals surface area contributed by atoms with Crippen LogP contribution in [0.2, 0.25) is 0 Å². The van der Waals surface area contributed by atoms with Gasteiger partial charge < -0.3 is 19.3 Å². The standard InChI is InChI=1S/C15H20O5/c1-18-12-5-3-10(14(9-12)19-2)4-6-13-7-11(16)8-15(17)20-13/h3,5,9,11,13,16H,4,6-8H2,1-2H3. The zero-order valence-electron chi connectivity index (χ0n) is 11.8. The first-order chi connectivity index (χ1) is 9.62. The second-order valence-electron chi connectivity index (χ2n) is 4.92. The van der Waals surface area contributed by atoms with Crippen molar-refractivity contribution in [1.29, 1.82) is 0 Å². The zero-order valence-corrected chi connectivity index (χ0v) is 11.8. The molecule has 5 heteroatoms. The molecule has 1 aromatic rings. The molecule has 0 amide bonds. The van der Waals surface area contributed by atoms with Crippen LogP contribution in [-0.2, 0) is 16.0 Å². The van der Waals surface area contributed by atoms with Gasteiger partial charge in [-0.1, -0.05) is 6.07 Å². The molecule has 0 aromatic heterocycles. The van der Waals surface area contributed by atoms with Gasteiger partial charge in [-0.2, -0.15) is 0 Å². The van der Waals surface area contributed by atoms with Gasteiger partial charge in [0.15, 0.2) is 0 Å². The minimum Gasteiger partial charge on any atom is -0.497 e. The van der Waals surface area contributed by atoms with Gasteiger partial charge in [0.2, 0.25) is 0 Å². The predicted octanol–water partition coefficient (Wildman–Crippen LogP) is 1.70. The highest BCUT2D eigenvalue weighted by molar-refractivity contribution is 5.70. The Hall–Kier alpha value is -1.75. The average molecular weight is 280 g/mol. The van der Waals surface area contributed by atoms with E-state index in [1.165, 1.54) is 0 Å². The fraction of sp³-hybridized carbons (Fsp3) is 0.533. The maximum Gasteiger partial charge on any atom is 0.308 e. The SMILES string of the molecule is COc1ccc(CCC2CC(O)CC(=O)O2)c(OC)c1. The first-order valence-corrected chi connectivity index (χ1v) is 6.71. The molecule has 1 N–H and O–H groups in total. The number of cyclic esters (lactones) is 1. The van der Waals surface area contributed by atoms with Gasteiger partial charge in [-0.25, -0.2) is 0 Å². The first-order valence-electron chi connectivity index (χ1n) is 6.71. The molecule has 110 valence electrons. The number of carbonyl (C=O) groups is 1. The molecule has 1 heterocycles. The van der Waals surface area contributed by atoms with Gasteiger partial charge >= 0.3 is 5.97 Å². The predicted molar refractivity (Wildman–Crippen MR) is 73.0 cm³/mol. The monoisotopic (exact) mass is 280 g/mol. The zero-order chi connectivity index (χ0) is 14.5. The van der Waals surface area contributed by atoms with Crippen LogP contribution in [0, 0.1) is 0 Å². The second kappa shape index (κ2) is 6.61. The highest BCUT2D eigenvalue weighted by Gasteiger charge is 2.27. The van der Waals surface area contributed by atoms with E-state index in [0.717, 1.165) is 23.5 Å². The van der Waals surface area contributed by atoms with Crippen molar-refractivity contribution in [2.24, 2.45) is 0 Å². The molecule has 5 nitrogen and oxygen atoms in total. The molecule has 1 aliphatic heterocycles. The van der Waals surface area contributed by atoms with Gasteiger partial charge in [0.1, 0.15) is 17.6 Å². The van der Waals surface area contributed by atoms with E-state index in [1.807, 2.05) is 18.2 Å². The van der Waals surface area contributed by atoms with Crippen molar-refractivity contribution in [1.82, 2.24) is 0 Å². The molecule has 2 unspecified atom stereocenters. The van der Waals surface area contributed by atoms with Crippen LogP contribution in [-0.4, -0.2) is 37.5 Å². The van der Waals surface area contributed by atoms with Crippen LogP contribution in [0.25, 0.3) is 0 Å². The second-order valence-corrected chi connectivity index (χ2v) is 4.92. The molecule has 1 aromatic carbocycles. The number of carbonyl (C=O) groups excluding carboxylic acids is 1. The summed E-state index contributed by atoms with van der Waals surface area (Å²) < 4.78 is 15.7. The van der Waals surface area contributed by atoms with Gasteiger partial charge in [-0.15, -0.1) is 0 Å². The number of aliphatic hydroxyl groups excluding tert-OH is 1. The Kier molecular flexibility index (Phi) is 4.84. The van der Waals surface area contributed by atoms with Gasteiger partial charge in [-0.3, -0.25) is 4.79 Å². The van der Waals surface area contributed by atoms with Gasteiger partial charge in [0.05, 0.1) is 26.7 Å². The lowest BCUT2D eigenvalue weighted by Gasteiger charge is -2.26. The van der Waals surface area contributed by atoms with E-state index in [4.69, 9.17) is 14.2 Å². The van der Waals surface area contributed by atoms with E-state index in [0.29, 0.717) is 12.8 Å². The van der Waals surface area contributed by atoms with E-state index >= 15 is 0 Å². The van der Waals surface area contributed by atoms with Crippen molar-refractivity contribution in [3.05, 3.63) is 23.8 Å². The third-order valence-electron chi connectivity index (χ3n) is 3.47. The lowest BCUT2D eigenvalue weighted by molar-refractivity contribution is -0.160. The molecule has 0 saturated carbocycles. The number of aliphatic hydroxyl groups is 1. The lowest BCUT2D eigenvalue weighted by Crippen LogP contribution is -2.32. The Morgan fingerprint density at radius 3 is 2.80 bits per heavy atom. The normalized spacial score (nSPS) is 22.2. The summed E-state index contributed by atoms with van der Waals surface area (Å²) in [4.78, 5) is 11.3. The first kappa shape index (κ1) is 14.7. The van der Waals surface area contributed by atoms with Crippen LogP contribution in [0.3, 0.4) is 0 Å². The molecular formula is C15H20O5. The van der Waals surface area contributed by atoms with Crippen molar-refractivity contribution >= 4 is 5.97 Å². The molecular weight excluding hydrogens is 260 g/mol. The number of hydrogen-bond acceptors (Lipinski definition) is 5. The summed E-state index contributed by atoms with van der Waals surface area (Å²) in [7, 11) is 3.22. The highest BCUT2D eigenvalue weighted by Crippen LogP contribution is 2.27. The third kappa shape index (κ3) is 3.63. The van der Waals surface area contributed by atoms with Crippen molar-refractivity contribution < 1.29 is 24.1 Å². The number of aryl methyl sites for hydroxylation is 1. The van der Waals surface area contributed by atoms with E-state index in [2.05, 4.69) is 0 Å². The topological polar surface area (TPSA) is 65.0 Å². The van der Waals surface area contributed by atoms with Crippen LogP contribution in [0.4, 0.5) is 0 Å². The molecule has 0 spiro atoms. The Bertz CT molecular complexity index is 471. The minimum atomic E-state index is -0.584. The minimum absolute atomic E-state index is 0.0996. The van der Waals surface area contributed by atoms with E-state index in [1.54, 1.807) is 14.2 Å². The van der Waals surface area contributed by atoms with Gasteiger partial charge in [0, 0.05) is 12.5 Å². The summed E-state index contributed by atoms with van der Waals surface area (Å²) in [6.45, 7) is 0. The molecule has 1 aliphatic rings.